The van der Waals surface area contributed by atoms with Crippen molar-refractivity contribution in [2.24, 2.45) is 5.73 Å². The molecule has 0 fully saturated rings. The minimum Gasteiger partial charge on any atom is -0.364 e. The van der Waals surface area contributed by atoms with Crippen LogP contribution in [0.25, 0.3) is 0 Å². The van der Waals surface area contributed by atoms with Crippen molar-refractivity contribution in [3.63, 3.8) is 0 Å². The van der Waals surface area contributed by atoms with E-state index in [0.717, 1.165) is 4.90 Å². The van der Waals surface area contributed by atoms with E-state index >= 15 is 0 Å². The molecule has 8 heteroatoms. The number of thioether (sulfide) groups is 1. The highest BCUT2D eigenvalue weighted by atomic mass is 32.2. The van der Waals surface area contributed by atoms with Crippen molar-refractivity contribution >= 4 is 29.3 Å². The zero-order valence-electron chi connectivity index (χ0n) is 10.0. The van der Waals surface area contributed by atoms with Crippen LogP contribution in [0.15, 0.2) is 29.6 Å². The predicted molar refractivity (Wildman–Crippen MR) is 71.1 cm³/mol. The number of pyridine rings is 1. The Hall–Kier alpha value is -2.35. The first-order valence-corrected chi connectivity index (χ1v) is 6.48. The smallest absolute Gasteiger partial charge is 0.268 e. The van der Waals surface area contributed by atoms with Gasteiger partial charge in [0.15, 0.2) is 0 Å². The molecule has 2 aromatic heterocycles. The zero-order chi connectivity index (χ0) is 13.8. The Kier molecular flexibility index (Phi) is 3.81. The number of aromatic nitrogens is 3. The lowest BCUT2D eigenvalue weighted by Crippen LogP contribution is -2.18. The molecular formula is C11H11N5O2S. The lowest BCUT2D eigenvalue weighted by Gasteiger charge is -2.04. The molecule has 0 bridgehead atoms. The van der Waals surface area contributed by atoms with E-state index in [4.69, 9.17) is 5.73 Å². The Balaban J connectivity index is 2.20. The number of H-pyrrole nitrogens is 1. The van der Waals surface area contributed by atoms with Gasteiger partial charge in [0.2, 0.25) is 0 Å². The van der Waals surface area contributed by atoms with Gasteiger partial charge in [-0.3, -0.25) is 19.7 Å². The molecule has 0 aliphatic rings. The summed E-state index contributed by atoms with van der Waals surface area (Å²) < 4.78 is 0. The number of nitrogens with one attached hydrogen (secondary N) is 2. The maximum Gasteiger partial charge on any atom is 0.268 e. The predicted octanol–water partition coefficient (Wildman–Crippen LogP) is 0.878. The van der Waals surface area contributed by atoms with E-state index in [1.807, 2.05) is 6.26 Å². The molecule has 0 radical (unpaired) electrons. The van der Waals surface area contributed by atoms with Gasteiger partial charge >= 0.3 is 0 Å². The third kappa shape index (κ3) is 2.91. The topological polar surface area (TPSA) is 114 Å². The molecule has 2 amide bonds. The van der Waals surface area contributed by atoms with Crippen LogP contribution in [-0.4, -0.2) is 33.3 Å². The summed E-state index contributed by atoms with van der Waals surface area (Å²) in [6.07, 6.45) is 6.32. The van der Waals surface area contributed by atoms with Crippen LogP contribution in [0, 0.1) is 0 Å². The summed E-state index contributed by atoms with van der Waals surface area (Å²) in [6.45, 7) is 0. The summed E-state index contributed by atoms with van der Waals surface area (Å²) in [7, 11) is 0. The number of aromatic amines is 1. The fraction of sp³-hybridized carbons (Fsp3) is 0.0909. The van der Waals surface area contributed by atoms with Gasteiger partial charge in [0.1, 0.15) is 5.69 Å². The molecular weight excluding hydrogens is 266 g/mol. The third-order valence-corrected chi connectivity index (χ3v) is 3.04. The SMILES string of the molecule is CSc1cncc(C(=O)Nc2cn[nH]c2C(N)=O)c1. The van der Waals surface area contributed by atoms with Crippen molar-refractivity contribution in [3.8, 4) is 0 Å². The second-order valence-electron chi connectivity index (χ2n) is 3.59. The van der Waals surface area contributed by atoms with Crippen molar-refractivity contribution in [3.05, 3.63) is 35.9 Å². The van der Waals surface area contributed by atoms with Gasteiger partial charge < -0.3 is 11.1 Å². The van der Waals surface area contributed by atoms with E-state index < -0.39 is 5.91 Å². The van der Waals surface area contributed by atoms with E-state index in [0.29, 0.717) is 5.56 Å². The van der Waals surface area contributed by atoms with Crippen LogP contribution >= 0.6 is 11.8 Å². The standard InChI is InChI=1S/C11H11N5O2S/c1-19-7-2-6(3-13-4-7)11(18)15-8-5-14-16-9(8)10(12)17/h2-5H,1H3,(H2,12,17)(H,14,16)(H,15,18). The molecule has 0 atom stereocenters. The Morgan fingerprint density at radius 2 is 2.16 bits per heavy atom. The lowest BCUT2D eigenvalue weighted by molar-refractivity contribution is 0.0996. The van der Waals surface area contributed by atoms with Gasteiger partial charge in [0.05, 0.1) is 17.4 Å². The minimum atomic E-state index is -0.691. The number of primary amides is 1. The molecule has 0 saturated carbocycles. The number of carbonyl (C=O) groups is 2. The molecule has 4 N–H and O–H groups in total. The molecule has 7 nitrogen and oxygen atoms in total. The fourth-order valence-electron chi connectivity index (χ4n) is 1.42. The van der Waals surface area contributed by atoms with Gasteiger partial charge in [-0.1, -0.05) is 0 Å². The van der Waals surface area contributed by atoms with Gasteiger partial charge in [0.25, 0.3) is 11.8 Å². The number of amides is 2. The average Bonchev–Trinajstić information content (AvgIpc) is 2.87. The highest BCUT2D eigenvalue weighted by molar-refractivity contribution is 7.98. The second kappa shape index (κ2) is 5.53. The largest absolute Gasteiger partial charge is 0.364 e. The second-order valence-corrected chi connectivity index (χ2v) is 4.47. The zero-order valence-corrected chi connectivity index (χ0v) is 10.8. The molecule has 2 aromatic rings. The summed E-state index contributed by atoms with van der Waals surface area (Å²) >= 11 is 1.48. The van der Waals surface area contributed by atoms with E-state index in [9.17, 15) is 9.59 Å². The van der Waals surface area contributed by atoms with Crippen molar-refractivity contribution in [2.45, 2.75) is 4.90 Å². The number of nitrogens with two attached hydrogens (primary N) is 1. The summed E-state index contributed by atoms with van der Waals surface area (Å²) in [5, 5.41) is 8.65. The maximum absolute atomic E-state index is 12.0. The van der Waals surface area contributed by atoms with Crippen LogP contribution in [-0.2, 0) is 0 Å². The maximum atomic E-state index is 12.0. The molecule has 0 spiro atoms. The first-order valence-electron chi connectivity index (χ1n) is 5.25. The van der Waals surface area contributed by atoms with Gasteiger partial charge in [-0.05, 0) is 12.3 Å². The quantitative estimate of drug-likeness (QED) is 0.718. The number of rotatable bonds is 4. The molecule has 98 valence electrons. The molecule has 0 aliphatic heterocycles. The average molecular weight is 277 g/mol. The normalized spacial score (nSPS) is 10.2. The number of hydrogen-bond donors (Lipinski definition) is 3. The first kappa shape index (κ1) is 13.1. The van der Waals surface area contributed by atoms with Crippen molar-refractivity contribution in [1.82, 2.24) is 15.2 Å². The number of nitrogens with zero attached hydrogens (tertiary/aromatic N) is 2. The first-order chi connectivity index (χ1) is 9.11. The summed E-state index contributed by atoms with van der Waals surface area (Å²) in [6, 6.07) is 1.71. The van der Waals surface area contributed by atoms with Crippen LogP contribution < -0.4 is 11.1 Å². The van der Waals surface area contributed by atoms with Crippen LogP contribution in [0.3, 0.4) is 0 Å². The molecule has 0 aromatic carbocycles. The highest BCUT2D eigenvalue weighted by Gasteiger charge is 2.14. The number of carbonyl (C=O) groups excluding carboxylic acids is 2. The fourth-order valence-corrected chi connectivity index (χ4v) is 1.83. The summed E-state index contributed by atoms with van der Waals surface area (Å²) in [5.74, 6) is -1.07. The van der Waals surface area contributed by atoms with Crippen molar-refractivity contribution < 1.29 is 9.59 Å². The van der Waals surface area contributed by atoms with Gasteiger partial charge in [-0.15, -0.1) is 11.8 Å². The van der Waals surface area contributed by atoms with Gasteiger partial charge in [-0.2, -0.15) is 5.10 Å². The Bertz CT molecular complexity index is 625. The Labute approximate surface area is 113 Å². The summed E-state index contributed by atoms with van der Waals surface area (Å²) in [5.41, 5.74) is 5.83. The van der Waals surface area contributed by atoms with Crippen LogP contribution in [0.1, 0.15) is 20.8 Å². The van der Waals surface area contributed by atoms with Crippen molar-refractivity contribution in [2.75, 3.05) is 11.6 Å². The lowest BCUT2D eigenvalue weighted by atomic mass is 10.2. The Morgan fingerprint density at radius 1 is 1.37 bits per heavy atom. The van der Waals surface area contributed by atoms with E-state index in [1.54, 1.807) is 12.3 Å². The molecule has 0 saturated heterocycles. The number of hydrogen-bond acceptors (Lipinski definition) is 5. The van der Waals surface area contributed by atoms with Gasteiger partial charge in [0, 0.05) is 17.3 Å². The third-order valence-electron chi connectivity index (χ3n) is 2.34. The monoisotopic (exact) mass is 277 g/mol. The van der Waals surface area contributed by atoms with Crippen LogP contribution in [0.4, 0.5) is 5.69 Å². The van der Waals surface area contributed by atoms with Crippen LogP contribution in [0.2, 0.25) is 0 Å². The molecule has 2 rings (SSSR count). The highest BCUT2D eigenvalue weighted by Crippen LogP contribution is 2.16. The Morgan fingerprint density at radius 3 is 2.84 bits per heavy atom. The minimum absolute atomic E-state index is 0.0577. The molecule has 2 heterocycles. The molecule has 0 aliphatic carbocycles. The van der Waals surface area contributed by atoms with E-state index in [2.05, 4.69) is 20.5 Å². The van der Waals surface area contributed by atoms with Crippen LogP contribution in [0.5, 0.6) is 0 Å². The summed E-state index contributed by atoms with van der Waals surface area (Å²) in [4.78, 5) is 27.9. The molecule has 0 unspecified atom stereocenters. The van der Waals surface area contributed by atoms with Gasteiger partial charge in [-0.25, -0.2) is 0 Å². The van der Waals surface area contributed by atoms with E-state index in [-0.39, 0.29) is 17.3 Å². The molecule has 19 heavy (non-hydrogen) atoms. The van der Waals surface area contributed by atoms with E-state index in [1.165, 1.54) is 24.2 Å². The van der Waals surface area contributed by atoms with Crippen molar-refractivity contribution in [1.29, 1.82) is 0 Å². The number of anilines is 1.